The van der Waals surface area contributed by atoms with E-state index < -0.39 is 6.10 Å². The molecule has 0 unspecified atom stereocenters. The van der Waals surface area contributed by atoms with Crippen molar-refractivity contribution in [1.29, 1.82) is 0 Å². The molecule has 24 heavy (non-hydrogen) atoms. The number of urea groups is 1. The Hall–Kier alpha value is -2.60. The van der Waals surface area contributed by atoms with Crippen LogP contribution in [0.3, 0.4) is 0 Å². The van der Waals surface area contributed by atoms with Crippen molar-refractivity contribution in [1.82, 2.24) is 4.90 Å². The third-order valence-electron chi connectivity index (χ3n) is 4.08. The van der Waals surface area contributed by atoms with Crippen LogP contribution in [-0.4, -0.2) is 41.0 Å². The van der Waals surface area contributed by atoms with Crippen molar-refractivity contribution in [2.24, 2.45) is 0 Å². The summed E-state index contributed by atoms with van der Waals surface area (Å²) < 4.78 is 5.47. The number of likely N-dealkylation sites (tertiary alicyclic amines) is 1. The summed E-state index contributed by atoms with van der Waals surface area (Å²) in [6.45, 7) is 2.85. The minimum Gasteiger partial charge on any atom is -0.458 e. The lowest BCUT2D eigenvalue weighted by Gasteiger charge is -2.16. The predicted molar refractivity (Wildman–Crippen MR) is 89.2 cm³/mol. The zero-order chi connectivity index (χ0) is 17.1. The molecule has 2 aromatic rings. The lowest BCUT2D eigenvalue weighted by molar-refractivity contribution is 0.101. The SMILES string of the molecule is CCc1ccc(C(=O)c2ccc(NC(=O)N3CC[C@H](O)C3)cc2)o1. The van der Waals surface area contributed by atoms with Gasteiger partial charge in [0.15, 0.2) is 5.76 Å². The van der Waals surface area contributed by atoms with Gasteiger partial charge in [-0.3, -0.25) is 4.79 Å². The van der Waals surface area contributed by atoms with Gasteiger partial charge in [-0.15, -0.1) is 0 Å². The molecule has 1 fully saturated rings. The largest absolute Gasteiger partial charge is 0.458 e. The van der Waals surface area contributed by atoms with Crippen molar-refractivity contribution >= 4 is 17.5 Å². The summed E-state index contributed by atoms with van der Waals surface area (Å²) in [6.07, 6.45) is 0.893. The van der Waals surface area contributed by atoms with Crippen molar-refractivity contribution in [2.75, 3.05) is 18.4 Å². The third kappa shape index (κ3) is 3.49. The lowest BCUT2D eigenvalue weighted by atomic mass is 10.1. The number of hydrogen-bond donors (Lipinski definition) is 2. The van der Waals surface area contributed by atoms with Crippen LogP contribution in [0.25, 0.3) is 0 Å². The molecule has 1 aliphatic heterocycles. The number of hydrogen-bond acceptors (Lipinski definition) is 4. The van der Waals surface area contributed by atoms with Crippen LogP contribution in [0, 0.1) is 0 Å². The van der Waals surface area contributed by atoms with Crippen LogP contribution in [0.4, 0.5) is 10.5 Å². The van der Waals surface area contributed by atoms with Gasteiger partial charge in [-0.05, 0) is 42.8 Å². The Morgan fingerprint density at radius 3 is 2.58 bits per heavy atom. The Balaban J connectivity index is 1.64. The van der Waals surface area contributed by atoms with Crippen molar-refractivity contribution in [3.05, 3.63) is 53.5 Å². The fourth-order valence-corrected chi connectivity index (χ4v) is 2.67. The minimum atomic E-state index is -0.447. The zero-order valence-corrected chi connectivity index (χ0v) is 13.5. The number of ketones is 1. The molecular weight excluding hydrogens is 308 g/mol. The summed E-state index contributed by atoms with van der Waals surface area (Å²) in [7, 11) is 0. The van der Waals surface area contributed by atoms with Crippen LogP contribution in [-0.2, 0) is 6.42 Å². The minimum absolute atomic E-state index is 0.185. The molecule has 126 valence electrons. The maximum Gasteiger partial charge on any atom is 0.321 e. The molecule has 0 spiro atoms. The van der Waals surface area contributed by atoms with Gasteiger partial charge in [-0.1, -0.05) is 6.92 Å². The van der Waals surface area contributed by atoms with Crippen LogP contribution < -0.4 is 5.32 Å². The molecule has 2 amide bonds. The monoisotopic (exact) mass is 328 g/mol. The van der Waals surface area contributed by atoms with E-state index in [9.17, 15) is 14.7 Å². The number of aryl methyl sites for hydroxylation is 1. The summed E-state index contributed by atoms with van der Waals surface area (Å²) in [4.78, 5) is 26.0. The Morgan fingerprint density at radius 1 is 1.25 bits per heavy atom. The van der Waals surface area contributed by atoms with Crippen LogP contribution in [0.15, 0.2) is 40.8 Å². The van der Waals surface area contributed by atoms with E-state index in [2.05, 4.69) is 5.32 Å². The summed E-state index contributed by atoms with van der Waals surface area (Å²) in [6, 6.07) is 9.91. The summed E-state index contributed by atoms with van der Waals surface area (Å²) in [5, 5.41) is 12.2. The second kappa shape index (κ2) is 6.88. The zero-order valence-electron chi connectivity index (χ0n) is 13.5. The molecule has 0 aliphatic carbocycles. The van der Waals surface area contributed by atoms with Gasteiger partial charge in [0.25, 0.3) is 0 Å². The molecule has 6 nitrogen and oxygen atoms in total. The number of β-amino-alcohol motifs (C(OH)–C–C–N with tert-alkyl or cyclic N) is 1. The summed E-state index contributed by atoms with van der Waals surface area (Å²) >= 11 is 0. The first-order valence-corrected chi connectivity index (χ1v) is 8.04. The van der Waals surface area contributed by atoms with Gasteiger partial charge < -0.3 is 19.7 Å². The van der Waals surface area contributed by atoms with Gasteiger partial charge >= 0.3 is 6.03 Å². The number of amides is 2. The van der Waals surface area contributed by atoms with Gasteiger partial charge in [-0.25, -0.2) is 4.79 Å². The molecule has 1 atom stereocenters. The molecule has 1 aromatic heterocycles. The molecule has 2 N–H and O–H groups in total. The highest BCUT2D eigenvalue weighted by Crippen LogP contribution is 2.17. The van der Waals surface area contributed by atoms with E-state index in [-0.39, 0.29) is 11.8 Å². The third-order valence-corrected chi connectivity index (χ3v) is 4.08. The van der Waals surface area contributed by atoms with E-state index in [1.54, 1.807) is 41.3 Å². The number of rotatable bonds is 4. The van der Waals surface area contributed by atoms with E-state index in [1.165, 1.54) is 0 Å². The molecule has 0 saturated carbocycles. The number of benzene rings is 1. The van der Waals surface area contributed by atoms with Crippen molar-refractivity contribution in [3.8, 4) is 0 Å². The number of aliphatic hydroxyl groups is 1. The molecule has 3 rings (SSSR count). The molecule has 6 heteroatoms. The quantitative estimate of drug-likeness (QED) is 0.845. The van der Waals surface area contributed by atoms with E-state index in [0.717, 1.165) is 12.2 Å². The molecule has 0 radical (unpaired) electrons. The fourth-order valence-electron chi connectivity index (χ4n) is 2.67. The second-order valence-electron chi connectivity index (χ2n) is 5.84. The van der Waals surface area contributed by atoms with Crippen LogP contribution in [0.1, 0.15) is 35.2 Å². The molecular formula is C18H20N2O4. The average Bonchev–Trinajstić information content (AvgIpc) is 3.23. The highest BCUT2D eigenvalue weighted by atomic mass is 16.3. The Labute approximate surface area is 140 Å². The fraction of sp³-hybridized carbons (Fsp3) is 0.333. The number of furan rings is 1. The summed E-state index contributed by atoms with van der Waals surface area (Å²) in [5.74, 6) is 0.903. The number of aliphatic hydroxyl groups excluding tert-OH is 1. The Kier molecular flexibility index (Phi) is 4.66. The Bertz CT molecular complexity index is 736. The van der Waals surface area contributed by atoms with Gasteiger partial charge in [0, 0.05) is 30.8 Å². The smallest absolute Gasteiger partial charge is 0.321 e. The molecule has 1 saturated heterocycles. The maximum atomic E-state index is 12.3. The van der Waals surface area contributed by atoms with Gasteiger partial charge in [0.1, 0.15) is 5.76 Å². The summed E-state index contributed by atoms with van der Waals surface area (Å²) in [5.41, 5.74) is 1.10. The highest BCUT2D eigenvalue weighted by molar-refractivity contribution is 6.07. The number of carbonyl (C=O) groups is 2. The number of nitrogens with zero attached hydrogens (tertiary/aromatic N) is 1. The number of anilines is 1. The predicted octanol–water partition coefficient (Wildman–Crippen LogP) is 2.67. The number of carbonyl (C=O) groups excluding carboxylic acids is 2. The van der Waals surface area contributed by atoms with Crippen molar-refractivity contribution in [2.45, 2.75) is 25.9 Å². The van der Waals surface area contributed by atoms with Gasteiger partial charge in [-0.2, -0.15) is 0 Å². The first-order valence-electron chi connectivity index (χ1n) is 8.04. The van der Waals surface area contributed by atoms with Crippen molar-refractivity contribution in [3.63, 3.8) is 0 Å². The average molecular weight is 328 g/mol. The molecule has 1 aliphatic rings. The Morgan fingerprint density at radius 2 is 2.00 bits per heavy atom. The standard InChI is InChI=1S/C18H20N2O4/c1-2-15-7-8-16(24-15)17(22)12-3-5-13(6-4-12)19-18(23)20-10-9-14(21)11-20/h3-8,14,21H,2,9-11H2,1H3,(H,19,23)/t14-/m0/s1. The van der Waals surface area contributed by atoms with Gasteiger partial charge in [0.2, 0.25) is 5.78 Å². The van der Waals surface area contributed by atoms with Crippen LogP contribution in [0.2, 0.25) is 0 Å². The second-order valence-corrected chi connectivity index (χ2v) is 5.84. The molecule has 2 heterocycles. The topological polar surface area (TPSA) is 82.8 Å². The van der Waals surface area contributed by atoms with E-state index in [1.807, 2.05) is 6.92 Å². The molecule has 0 bridgehead atoms. The maximum absolute atomic E-state index is 12.3. The van der Waals surface area contributed by atoms with E-state index >= 15 is 0 Å². The molecule has 1 aromatic carbocycles. The van der Waals surface area contributed by atoms with Crippen LogP contribution >= 0.6 is 0 Å². The van der Waals surface area contributed by atoms with Crippen LogP contribution in [0.5, 0.6) is 0 Å². The lowest BCUT2D eigenvalue weighted by Crippen LogP contribution is -2.33. The van der Waals surface area contributed by atoms with Crippen molar-refractivity contribution < 1.29 is 19.1 Å². The first kappa shape index (κ1) is 16.3. The van der Waals surface area contributed by atoms with E-state index in [0.29, 0.717) is 36.5 Å². The van der Waals surface area contributed by atoms with Gasteiger partial charge in [0.05, 0.1) is 6.10 Å². The number of nitrogens with one attached hydrogen (secondary N) is 1. The first-order chi connectivity index (χ1) is 11.6. The normalized spacial score (nSPS) is 17.1. The highest BCUT2D eigenvalue weighted by Gasteiger charge is 2.24. The van der Waals surface area contributed by atoms with E-state index in [4.69, 9.17) is 4.42 Å².